The Morgan fingerprint density at radius 3 is 2.17 bits per heavy atom. The second-order valence-corrected chi connectivity index (χ2v) is 11.1. The molecule has 0 spiro atoms. The van der Waals surface area contributed by atoms with Crippen LogP contribution in [-0.2, 0) is 28.9 Å². The number of fused-ring (bicyclic) bond motifs is 1. The largest absolute Gasteiger partial charge is 0.481 e. The van der Waals surface area contributed by atoms with E-state index in [-0.39, 0.29) is 12.3 Å². The number of anilines is 1. The molecule has 3 aromatic carbocycles. The summed E-state index contributed by atoms with van der Waals surface area (Å²) in [6.45, 7) is 5.81. The number of carboxylic acid groups (broad SMARTS) is 1. The van der Waals surface area contributed by atoms with E-state index in [9.17, 15) is 14.7 Å². The summed E-state index contributed by atoms with van der Waals surface area (Å²) < 4.78 is 0. The number of rotatable bonds is 14. The number of carbonyl (C=O) groups excluding carboxylic acids is 1. The standard InChI is InChI=1S/C37H42N2O3/c1-4-27-14-16-28(17-15-27)10-7-8-11-30-18-20-31-21-23-32(38-34(31)25-30)22-19-29-12-9-13-33(24-29)39-35(40)26-37(5-2,6-3)36(41)42/h9,12-25H,4-8,10-11,26H2,1-3H3,(H,39,40)(H,41,42). The van der Waals surface area contributed by atoms with Crippen molar-refractivity contribution in [3.05, 3.63) is 107 Å². The molecule has 42 heavy (non-hydrogen) atoms. The highest BCUT2D eigenvalue weighted by molar-refractivity contribution is 5.94. The van der Waals surface area contributed by atoms with Gasteiger partial charge in [-0.25, -0.2) is 4.98 Å². The number of pyridine rings is 1. The maximum atomic E-state index is 12.7. The summed E-state index contributed by atoms with van der Waals surface area (Å²) in [5, 5.41) is 13.6. The Morgan fingerprint density at radius 2 is 1.48 bits per heavy atom. The number of nitrogens with zero attached hydrogens (tertiary/aromatic N) is 1. The SMILES string of the molecule is CCc1ccc(CCCCc2ccc3ccc(C=Cc4cccc(NC(=O)CC(CC)(CC)C(=O)O)c4)nc3c2)cc1. The van der Waals surface area contributed by atoms with E-state index in [0.29, 0.717) is 18.5 Å². The van der Waals surface area contributed by atoms with Crippen LogP contribution in [-0.4, -0.2) is 22.0 Å². The first-order valence-electron chi connectivity index (χ1n) is 15.1. The monoisotopic (exact) mass is 562 g/mol. The minimum atomic E-state index is -1.04. The van der Waals surface area contributed by atoms with E-state index in [1.54, 1.807) is 0 Å². The Bertz CT molecular complexity index is 1530. The highest BCUT2D eigenvalue weighted by Crippen LogP contribution is 2.31. The Hall–Kier alpha value is -4.25. The summed E-state index contributed by atoms with van der Waals surface area (Å²) in [6, 6.07) is 27.2. The summed E-state index contributed by atoms with van der Waals surface area (Å²) in [6.07, 6.45) is 10.2. The molecule has 0 fully saturated rings. The fourth-order valence-corrected chi connectivity index (χ4v) is 5.32. The summed E-state index contributed by atoms with van der Waals surface area (Å²) in [4.78, 5) is 29.3. The van der Waals surface area contributed by atoms with Crippen molar-refractivity contribution in [2.45, 2.75) is 72.1 Å². The molecule has 1 heterocycles. The van der Waals surface area contributed by atoms with E-state index in [4.69, 9.17) is 4.98 Å². The van der Waals surface area contributed by atoms with Gasteiger partial charge >= 0.3 is 5.97 Å². The van der Waals surface area contributed by atoms with Gasteiger partial charge in [-0.05, 0) is 97.5 Å². The Balaban J connectivity index is 1.36. The molecule has 0 unspecified atom stereocenters. The van der Waals surface area contributed by atoms with E-state index in [1.807, 2.05) is 56.3 Å². The van der Waals surface area contributed by atoms with Crippen LogP contribution in [0.4, 0.5) is 5.69 Å². The topological polar surface area (TPSA) is 79.3 Å². The Labute approximate surface area is 249 Å². The van der Waals surface area contributed by atoms with E-state index in [1.165, 1.54) is 16.7 Å². The van der Waals surface area contributed by atoms with Gasteiger partial charge in [-0.1, -0.05) is 81.4 Å². The van der Waals surface area contributed by atoms with Crippen LogP contribution in [0.2, 0.25) is 0 Å². The number of carbonyl (C=O) groups is 2. The lowest BCUT2D eigenvalue weighted by atomic mass is 9.79. The highest BCUT2D eigenvalue weighted by atomic mass is 16.4. The van der Waals surface area contributed by atoms with Crippen molar-refractivity contribution in [2.24, 2.45) is 5.41 Å². The van der Waals surface area contributed by atoms with Gasteiger partial charge in [0.1, 0.15) is 0 Å². The second-order valence-electron chi connectivity index (χ2n) is 11.1. The summed E-state index contributed by atoms with van der Waals surface area (Å²) >= 11 is 0. The quantitative estimate of drug-likeness (QED) is 0.151. The number of aliphatic carboxylic acids is 1. The lowest BCUT2D eigenvalue weighted by Crippen LogP contribution is -2.34. The summed E-state index contributed by atoms with van der Waals surface area (Å²) in [5.41, 5.74) is 6.47. The predicted molar refractivity (Wildman–Crippen MR) is 173 cm³/mol. The molecule has 0 bridgehead atoms. The maximum Gasteiger partial charge on any atom is 0.310 e. The molecule has 218 valence electrons. The van der Waals surface area contributed by atoms with Crippen molar-refractivity contribution >= 4 is 40.6 Å². The van der Waals surface area contributed by atoms with Crippen LogP contribution in [0.3, 0.4) is 0 Å². The van der Waals surface area contributed by atoms with Crippen LogP contribution in [0.5, 0.6) is 0 Å². The van der Waals surface area contributed by atoms with Crippen molar-refractivity contribution in [3.8, 4) is 0 Å². The molecule has 5 heteroatoms. The van der Waals surface area contributed by atoms with Crippen LogP contribution in [0, 0.1) is 5.41 Å². The highest BCUT2D eigenvalue weighted by Gasteiger charge is 2.37. The van der Waals surface area contributed by atoms with Gasteiger partial charge in [0.05, 0.1) is 16.6 Å². The average Bonchev–Trinajstić information content (AvgIpc) is 3.01. The number of carboxylic acids is 1. The first kappa shape index (κ1) is 30.7. The number of unbranched alkanes of at least 4 members (excludes halogenated alkanes) is 1. The zero-order chi connectivity index (χ0) is 30.0. The van der Waals surface area contributed by atoms with E-state index in [0.717, 1.165) is 54.3 Å². The molecule has 0 aliphatic carbocycles. The van der Waals surface area contributed by atoms with E-state index < -0.39 is 11.4 Å². The van der Waals surface area contributed by atoms with E-state index in [2.05, 4.69) is 60.8 Å². The van der Waals surface area contributed by atoms with Crippen LogP contribution < -0.4 is 5.32 Å². The first-order valence-corrected chi connectivity index (χ1v) is 15.1. The molecule has 1 aromatic heterocycles. The van der Waals surface area contributed by atoms with Crippen molar-refractivity contribution in [2.75, 3.05) is 5.32 Å². The third-order valence-electron chi connectivity index (χ3n) is 8.31. The smallest absolute Gasteiger partial charge is 0.310 e. The Morgan fingerprint density at radius 1 is 0.810 bits per heavy atom. The van der Waals surface area contributed by atoms with Crippen molar-refractivity contribution in [1.82, 2.24) is 4.98 Å². The molecule has 0 aliphatic rings. The lowest BCUT2D eigenvalue weighted by Gasteiger charge is -2.25. The predicted octanol–water partition coefficient (Wildman–Crippen LogP) is 8.75. The third kappa shape index (κ3) is 8.16. The molecule has 2 N–H and O–H groups in total. The van der Waals surface area contributed by atoms with Gasteiger partial charge in [0.25, 0.3) is 0 Å². The molecule has 0 saturated carbocycles. The minimum absolute atomic E-state index is 0.0504. The number of hydrogen-bond donors (Lipinski definition) is 2. The number of nitrogens with one attached hydrogen (secondary N) is 1. The molecule has 4 aromatic rings. The first-order chi connectivity index (χ1) is 20.3. The van der Waals surface area contributed by atoms with Gasteiger partial charge in [-0.15, -0.1) is 0 Å². The molecule has 1 amide bonds. The Kier molecular flexibility index (Phi) is 10.7. The second kappa shape index (κ2) is 14.6. The minimum Gasteiger partial charge on any atom is -0.481 e. The van der Waals surface area contributed by atoms with Gasteiger partial charge in [-0.3, -0.25) is 9.59 Å². The summed E-state index contributed by atoms with van der Waals surface area (Å²) in [7, 11) is 0. The van der Waals surface area contributed by atoms with Gasteiger partial charge in [0, 0.05) is 17.5 Å². The molecular formula is C37H42N2O3. The number of amides is 1. The fraction of sp³-hybridized carbons (Fsp3) is 0.324. The van der Waals surface area contributed by atoms with Crippen molar-refractivity contribution < 1.29 is 14.7 Å². The number of aromatic nitrogens is 1. The maximum absolute atomic E-state index is 12.7. The zero-order valence-corrected chi connectivity index (χ0v) is 25.0. The van der Waals surface area contributed by atoms with Gasteiger partial charge in [-0.2, -0.15) is 0 Å². The van der Waals surface area contributed by atoms with Crippen LogP contribution in [0.15, 0.2) is 78.9 Å². The molecule has 0 aliphatic heterocycles. The third-order valence-corrected chi connectivity index (χ3v) is 8.31. The number of aryl methyl sites for hydroxylation is 3. The number of benzene rings is 3. The zero-order valence-electron chi connectivity index (χ0n) is 25.0. The molecule has 0 radical (unpaired) electrons. The van der Waals surface area contributed by atoms with Gasteiger partial charge in [0.15, 0.2) is 0 Å². The van der Waals surface area contributed by atoms with Crippen LogP contribution in [0.1, 0.15) is 80.8 Å². The van der Waals surface area contributed by atoms with Crippen molar-refractivity contribution in [1.29, 1.82) is 0 Å². The molecule has 5 nitrogen and oxygen atoms in total. The average molecular weight is 563 g/mol. The normalized spacial score (nSPS) is 11.7. The van der Waals surface area contributed by atoms with Gasteiger partial charge in [0.2, 0.25) is 5.91 Å². The van der Waals surface area contributed by atoms with Crippen LogP contribution in [0.25, 0.3) is 23.1 Å². The molecule has 0 atom stereocenters. The van der Waals surface area contributed by atoms with E-state index >= 15 is 0 Å². The fourth-order valence-electron chi connectivity index (χ4n) is 5.32. The number of hydrogen-bond acceptors (Lipinski definition) is 3. The summed E-state index contributed by atoms with van der Waals surface area (Å²) in [5.74, 6) is -1.22. The molecule has 4 rings (SSSR count). The van der Waals surface area contributed by atoms with Crippen molar-refractivity contribution in [3.63, 3.8) is 0 Å². The van der Waals surface area contributed by atoms with Gasteiger partial charge < -0.3 is 10.4 Å². The van der Waals surface area contributed by atoms with Crippen LogP contribution >= 0.6 is 0 Å². The molecule has 0 saturated heterocycles. The lowest BCUT2D eigenvalue weighted by molar-refractivity contribution is -0.151. The molecular weight excluding hydrogens is 520 g/mol.